The van der Waals surface area contributed by atoms with Gasteiger partial charge in [-0.15, -0.1) is 0 Å². The number of thiophene rings is 1. The number of rotatable bonds is 4. The molecule has 1 aromatic rings. The number of carbonyl (C=O) groups is 1. The summed E-state index contributed by atoms with van der Waals surface area (Å²) >= 11 is 1.46. The second kappa shape index (κ2) is 4.74. The molecule has 3 N–H and O–H groups in total. The van der Waals surface area contributed by atoms with Crippen LogP contribution in [-0.4, -0.2) is 34.9 Å². The van der Waals surface area contributed by atoms with Crippen LogP contribution in [0.5, 0.6) is 0 Å². The zero-order chi connectivity index (χ0) is 11.5. The summed E-state index contributed by atoms with van der Waals surface area (Å²) in [4.78, 5) is 11.6. The van der Waals surface area contributed by atoms with Gasteiger partial charge in [0.2, 0.25) is 0 Å². The standard InChI is InChI=1S/C10H15NO3S/c1-7-3-15-4-8(7)9(13)11-5-10(2,14)6-12/h3-4,12,14H,5-6H2,1-2H3,(H,11,13). The first kappa shape index (κ1) is 12.2. The second-order valence-electron chi connectivity index (χ2n) is 3.81. The molecule has 1 rings (SSSR count). The maximum atomic E-state index is 11.6. The van der Waals surface area contributed by atoms with Gasteiger partial charge in [-0.25, -0.2) is 0 Å². The van der Waals surface area contributed by atoms with Crippen molar-refractivity contribution < 1.29 is 15.0 Å². The van der Waals surface area contributed by atoms with Crippen LogP contribution in [0, 0.1) is 6.92 Å². The molecule has 0 radical (unpaired) electrons. The number of hydrogen-bond acceptors (Lipinski definition) is 4. The smallest absolute Gasteiger partial charge is 0.252 e. The highest BCUT2D eigenvalue weighted by Gasteiger charge is 2.20. The molecule has 0 aromatic carbocycles. The number of aliphatic hydroxyl groups excluding tert-OH is 1. The minimum absolute atomic E-state index is 0.0393. The third kappa shape index (κ3) is 3.30. The number of aryl methyl sites for hydroxylation is 1. The summed E-state index contributed by atoms with van der Waals surface area (Å²) in [5.41, 5.74) is 0.273. The van der Waals surface area contributed by atoms with Crippen LogP contribution in [0.3, 0.4) is 0 Å². The molecular formula is C10H15NO3S. The van der Waals surface area contributed by atoms with Gasteiger partial charge in [-0.2, -0.15) is 11.3 Å². The van der Waals surface area contributed by atoms with E-state index in [-0.39, 0.29) is 19.1 Å². The molecule has 1 heterocycles. The monoisotopic (exact) mass is 229 g/mol. The van der Waals surface area contributed by atoms with Crippen molar-refractivity contribution in [3.63, 3.8) is 0 Å². The van der Waals surface area contributed by atoms with E-state index < -0.39 is 5.60 Å². The first-order valence-corrected chi connectivity index (χ1v) is 5.55. The van der Waals surface area contributed by atoms with Gasteiger partial charge >= 0.3 is 0 Å². The minimum atomic E-state index is -1.26. The van der Waals surface area contributed by atoms with E-state index in [1.165, 1.54) is 18.3 Å². The van der Waals surface area contributed by atoms with Crippen LogP contribution in [0.15, 0.2) is 10.8 Å². The topological polar surface area (TPSA) is 69.6 Å². The van der Waals surface area contributed by atoms with Gasteiger partial charge in [-0.1, -0.05) is 0 Å². The summed E-state index contributed by atoms with van der Waals surface area (Å²) in [7, 11) is 0. The van der Waals surface area contributed by atoms with Crippen molar-refractivity contribution in [3.8, 4) is 0 Å². The van der Waals surface area contributed by atoms with E-state index in [2.05, 4.69) is 5.32 Å². The first-order valence-electron chi connectivity index (χ1n) is 4.60. The van der Waals surface area contributed by atoms with E-state index >= 15 is 0 Å². The van der Waals surface area contributed by atoms with Crippen molar-refractivity contribution >= 4 is 17.2 Å². The van der Waals surface area contributed by atoms with E-state index in [9.17, 15) is 9.90 Å². The van der Waals surface area contributed by atoms with Crippen LogP contribution in [0.1, 0.15) is 22.8 Å². The fraction of sp³-hybridized carbons (Fsp3) is 0.500. The molecule has 0 spiro atoms. The van der Waals surface area contributed by atoms with Crippen LogP contribution < -0.4 is 5.32 Å². The van der Waals surface area contributed by atoms with E-state index in [4.69, 9.17) is 5.11 Å². The molecule has 15 heavy (non-hydrogen) atoms. The molecule has 1 amide bonds. The lowest BCUT2D eigenvalue weighted by Crippen LogP contribution is -2.43. The summed E-state index contributed by atoms with van der Waals surface area (Å²) in [6.45, 7) is 2.98. The molecule has 0 aliphatic heterocycles. The molecule has 0 bridgehead atoms. The molecule has 1 unspecified atom stereocenters. The predicted molar refractivity (Wildman–Crippen MR) is 59.1 cm³/mol. The van der Waals surface area contributed by atoms with Crippen molar-refractivity contribution in [2.45, 2.75) is 19.4 Å². The van der Waals surface area contributed by atoms with Gasteiger partial charge in [0.25, 0.3) is 5.91 Å². The lowest BCUT2D eigenvalue weighted by molar-refractivity contribution is 0.00320. The number of hydrogen-bond donors (Lipinski definition) is 3. The lowest BCUT2D eigenvalue weighted by Gasteiger charge is -2.20. The average molecular weight is 229 g/mol. The molecule has 0 saturated carbocycles. The van der Waals surface area contributed by atoms with Crippen LogP contribution in [0.4, 0.5) is 0 Å². The van der Waals surface area contributed by atoms with Gasteiger partial charge in [0, 0.05) is 11.9 Å². The Hall–Kier alpha value is -0.910. The Morgan fingerprint density at radius 3 is 2.73 bits per heavy atom. The zero-order valence-electron chi connectivity index (χ0n) is 8.78. The van der Waals surface area contributed by atoms with Crippen LogP contribution in [-0.2, 0) is 0 Å². The number of amides is 1. The van der Waals surface area contributed by atoms with Crippen molar-refractivity contribution in [1.82, 2.24) is 5.32 Å². The number of carbonyl (C=O) groups excluding carboxylic acids is 1. The highest BCUT2D eigenvalue weighted by Crippen LogP contribution is 2.13. The van der Waals surface area contributed by atoms with Gasteiger partial charge in [-0.3, -0.25) is 4.79 Å². The van der Waals surface area contributed by atoms with Crippen molar-refractivity contribution in [3.05, 3.63) is 21.9 Å². The summed E-state index contributed by atoms with van der Waals surface area (Å²) < 4.78 is 0. The van der Waals surface area contributed by atoms with E-state index in [0.29, 0.717) is 5.56 Å². The van der Waals surface area contributed by atoms with Gasteiger partial charge in [0.05, 0.1) is 12.2 Å². The summed E-state index contributed by atoms with van der Waals surface area (Å²) in [6, 6.07) is 0. The molecule has 0 fully saturated rings. The van der Waals surface area contributed by atoms with Gasteiger partial charge in [0.1, 0.15) is 5.60 Å². The van der Waals surface area contributed by atoms with Crippen molar-refractivity contribution in [2.24, 2.45) is 0 Å². The second-order valence-corrected chi connectivity index (χ2v) is 4.55. The molecule has 4 nitrogen and oxygen atoms in total. The first-order chi connectivity index (χ1) is 6.96. The Labute approximate surface area is 92.6 Å². The summed E-state index contributed by atoms with van der Waals surface area (Å²) in [6.07, 6.45) is 0. The largest absolute Gasteiger partial charge is 0.393 e. The maximum absolute atomic E-state index is 11.6. The van der Waals surface area contributed by atoms with Crippen LogP contribution >= 0.6 is 11.3 Å². The Bertz CT molecular complexity index is 346. The highest BCUT2D eigenvalue weighted by atomic mass is 32.1. The summed E-state index contributed by atoms with van der Waals surface area (Å²) in [5, 5.41) is 24.5. The minimum Gasteiger partial charge on any atom is -0.393 e. The Morgan fingerprint density at radius 2 is 2.27 bits per heavy atom. The average Bonchev–Trinajstić information content (AvgIpc) is 2.61. The van der Waals surface area contributed by atoms with Gasteiger partial charge in [-0.05, 0) is 24.8 Å². The maximum Gasteiger partial charge on any atom is 0.252 e. The normalized spacial score (nSPS) is 14.7. The van der Waals surface area contributed by atoms with Gasteiger partial charge < -0.3 is 15.5 Å². The third-order valence-corrected chi connectivity index (χ3v) is 2.93. The van der Waals surface area contributed by atoms with Crippen molar-refractivity contribution in [2.75, 3.05) is 13.2 Å². The molecule has 1 atom stereocenters. The fourth-order valence-corrected chi connectivity index (χ4v) is 1.84. The zero-order valence-corrected chi connectivity index (χ0v) is 9.60. The number of aliphatic hydroxyl groups is 2. The Balaban J connectivity index is 2.55. The Kier molecular flexibility index (Phi) is 3.84. The highest BCUT2D eigenvalue weighted by molar-refractivity contribution is 7.08. The van der Waals surface area contributed by atoms with Gasteiger partial charge in [0.15, 0.2) is 0 Å². The Morgan fingerprint density at radius 1 is 1.60 bits per heavy atom. The van der Waals surface area contributed by atoms with Crippen molar-refractivity contribution in [1.29, 1.82) is 0 Å². The quantitative estimate of drug-likeness (QED) is 0.705. The molecule has 0 aliphatic rings. The molecule has 0 aliphatic carbocycles. The molecule has 0 saturated heterocycles. The predicted octanol–water partition coefficient (Wildman–Crippen LogP) is 0.530. The SMILES string of the molecule is Cc1cscc1C(=O)NCC(C)(O)CO. The molecule has 5 heteroatoms. The van der Waals surface area contributed by atoms with Crippen LogP contribution in [0.2, 0.25) is 0 Å². The van der Waals surface area contributed by atoms with E-state index in [0.717, 1.165) is 5.56 Å². The number of nitrogens with one attached hydrogen (secondary N) is 1. The molecular weight excluding hydrogens is 214 g/mol. The molecule has 1 aromatic heterocycles. The fourth-order valence-electron chi connectivity index (χ4n) is 1.01. The van der Waals surface area contributed by atoms with E-state index in [1.807, 2.05) is 12.3 Å². The van der Waals surface area contributed by atoms with E-state index in [1.54, 1.807) is 5.38 Å². The summed E-state index contributed by atoms with van der Waals surface area (Å²) in [5.74, 6) is -0.220. The molecule has 84 valence electrons. The lowest BCUT2D eigenvalue weighted by atomic mass is 10.1. The van der Waals surface area contributed by atoms with Crippen LogP contribution in [0.25, 0.3) is 0 Å². The third-order valence-electron chi connectivity index (χ3n) is 2.07.